The summed E-state index contributed by atoms with van der Waals surface area (Å²) < 4.78 is 5.08. The average Bonchev–Trinajstić information content (AvgIpc) is 2.04. The SMILES string of the molecule is CNC(=O)OC1CCCC(N)C1. The Bertz CT molecular complexity index is 161. The fraction of sp³-hybridized carbons (Fsp3) is 0.875. The molecule has 70 valence electrons. The second-order valence-corrected chi connectivity index (χ2v) is 3.20. The van der Waals surface area contributed by atoms with E-state index in [1.54, 1.807) is 7.05 Å². The van der Waals surface area contributed by atoms with Crippen LogP contribution < -0.4 is 11.1 Å². The number of nitrogens with one attached hydrogen (secondary N) is 1. The molecule has 0 aromatic heterocycles. The van der Waals surface area contributed by atoms with E-state index in [2.05, 4.69) is 5.32 Å². The van der Waals surface area contributed by atoms with E-state index in [-0.39, 0.29) is 18.2 Å². The van der Waals surface area contributed by atoms with Crippen molar-refractivity contribution in [2.45, 2.75) is 37.8 Å². The van der Waals surface area contributed by atoms with Gasteiger partial charge in [0.2, 0.25) is 0 Å². The highest BCUT2D eigenvalue weighted by molar-refractivity contribution is 5.66. The van der Waals surface area contributed by atoms with Gasteiger partial charge in [-0.3, -0.25) is 0 Å². The molecule has 4 heteroatoms. The van der Waals surface area contributed by atoms with E-state index in [1.807, 2.05) is 0 Å². The molecule has 1 rings (SSSR count). The van der Waals surface area contributed by atoms with Crippen molar-refractivity contribution in [2.75, 3.05) is 7.05 Å². The third-order valence-corrected chi connectivity index (χ3v) is 2.14. The quantitative estimate of drug-likeness (QED) is 0.609. The fourth-order valence-corrected chi connectivity index (χ4v) is 1.50. The maximum Gasteiger partial charge on any atom is 0.407 e. The number of hydrogen-bond donors (Lipinski definition) is 2. The number of rotatable bonds is 1. The number of carbonyl (C=O) groups is 1. The fourth-order valence-electron chi connectivity index (χ4n) is 1.50. The van der Waals surface area contributed by atoms with Gasteiger partial charge in [0.1, 0.15) is 6.10 Å². The Morgan fingerprint density at radius 2 is 2.33 bits per heavy atom. The summed E-state index contributed by atoms with van der Waals surface area (Å²) in [5.41, 5.74) is 5.73. The molecule has 2 atom stereocenters. The molecule has 1 fully saturated rings. The van der Waals surface area contributed by atoms with E-state index < -0.39 is 0 Å². The van der Waals surface area contributed by atoms with Crippen molar-refractivity contribution >= 4 is 6.09 Å². The van der Waals surface area contributed by atoms with E-state index in [1.165, 1.54) is 0 Å². The first-order valence-electron chi connectivity index (χ1n) is 4.36. The second kappa shape index (κ2) is 4.30. The molecule has 1 amide bonds. The molecular weight excluding hydrogens is 156 g/mol. The van der Waals surface area contributed by atoms with Crippen molar-refractivity contribution in [3.8, 4) is 0 Å². The van der Waals surface area contributed by atoms with Crippen LogP contribution in [0.1, 0.15) is 25.7 Å². The minimum atomic E-state index is -0.353. The van der Waals surface area contributed by atoms with Crippen LogP contribution in [0.25, 0.3) is 0 Å². The molecule has 1 aliphatic carbocycles. The molecule has 4 nitrogen and oxygen atoms in total. The average molecular weight is 172 g/mol. The first-order chi connectivity index (χ1) is 5.72. The molecule has 2 unspecified atom stereocenters. The number of amides is 1. The van der Waals surface area contributed by atoms with E-state index in [9.17, 15) is 4.79 Å². The van der Waals surface area contributed by atoms with Crippen LogP contribution in [0.15, 0.2) is 0 Å². The third kappa shape index (κ3) is 2.70. The van der Waals surface area contributed by atoms with Crippen molar-refractivity contribution in [1.82, 2.24) is 5.32 Å². The Kier molecular flexibility index (Phi) is 3.34. The van der Waals surface area contributed by atoms with Gasteiger partial charge in [-0.2, -0.15) is 0 Å². The molecule has 1 saturated carbocycles. The maximum atomic E-state index is 10.8. The van der Waals surface area contributed by atoms with Gasteiger partial charge in [0.05, 0.1) is 0 Å². The lowest BCUT2D eigenvalue weighted by atomic mass is 9.94. The summed E-state index contributed by atoms with van der Waals surface area (Å²) in [6.45, 7) is 0. The smallest absolute Gasteiger partial charge is 0.407 e. The largest absolute Gasteiger partial charge is 0.446 e. The van der Waals surface area contributed by atoms with Gasteiger partial charge in [-0.15, -0.1) is 0 Å². The Labute approximate surface area is 72.5 Å². The summed E-state index contributed by atoms with van der Waals surface area (Å²) in [6, 6.07) is 0.202. The van der Waals surface area contributed by atoms with Crippen LogP contribution in [0.4, 0.5) is 4.79 Å². The highest BCUT2D eigenvalue weighted by Crippen LogP contribution is 2.19. The molecule has 0 aliphatic heterocycles. The van der Waals surface area contributed by atoms with Crippen LogP contribution in [0, 0.1) is 0 Å². The van der Waals surface area contributed by atoms with Crippen LogP contribution >= 0.6 is 0 Å². The molecule has 0 spiro atoms. The summed E-state index contributed by atoms with van der Waals surface area (Å²) in [5.74, 6) is 0. The minimum absolute atomic E-state index is 0.0219. The van der Waals surface area contributed by atoms with Gasteiger partial charge in [-0.1, -0.05) is 0 Å². The number of alkyl carbamates (subject to hydrolysis) is 1. The Morgan fingerprint density at radius 1 is 1.58 bits per heavy atom. The van der Waals surface area contributed by atoms with Gasteiger partial charge in [0.15, 0.2) is 0 Å². The molecule has 0 aromatic carbocycles. The normalized spacial score (nSPS) is 29.5. The van der Waals surface area contributed by atoms with Crippen LogP contribution in [-0.2, 0) is 4.74 Å². The van der Waals surface area contributed by atoms with Gasteiger partial charge in [-0.05, 0) is 25.7 Å². The highest BCUT2D eigenvalue weighted by Gasteiger charge is 2.21. The summed E-state index contributed by atoms with van der Waals surface area (Å²) >= 11 is 0. The van der Waals surface area contributed by atoms with Gasteiger partial charge < -0.3 is 15.8 Å². The predicted octanol–water partition coefficient (Wildman–Crippen LogP) is 0.612. The van der Waals surface area contributed by atoms with E-state index >= 15 is 0 Å². The highest BCUT2D eigenvalue weighted by atomic mass is 16.6. The van der Waals surface area contributed by atoms with E-state index in [4.69, 9.17) is 10.5 Å². The van der Waals surface area contributed by atoms with Gasteiger partial charge in [0.25, 0.3) is 0 Å². The lowest BCUT2D eigenvalue weighted by Crippen LogP contribution is -2.35. The predicted molar refractivity (Wildman–Crippen MR) is 45.8 cm³/mol. The molecule has 0 radical (unpaired) electrons. The van der Waals surface area contributed by atoms with E-state index in [0.29, 0.717) is 0 Å². The maximum absolute atomic E-state index is 10.8. The van der Waals surface area contributed by atoms with Crippen LogP contribution in [-0.4, -0.2) is 25.3 Å². The number of hydrogen-bond acceptors (Lipinski definition) is 3. The van der Waals surface area contributed by atoms with Crippen LogP contribution in [0.2, 0.25) is 0 Å². The summed E-state index contributed by atoms with van der Waals surface area (Å²) in [5, 5.41) is 2.43. The lowest BCUT2D eigenvalue weighted by molar-refractivity contribution is 0.0720. The Hall–Kier alpha value is -0.770. The van der Waals surface area contributed by atoms with Crippen molar-refractivity contribution in [2.24, 2.45) is 5.73 Å². The zero-order valence-electron chi connectivity index (χ0n) is 7.38. The lowest BCUT2D eigenvalue weighted by Gasteiger charge is -2.25. The Morgan fingerprint density at radius 3 is 2.92 bits per heavy atom. The second-order valence-electron chi connectivity index (χ2n) is 3.20. The molecule has 3 N–H and O–H groups in total. The summed E-state index contributed by atoms with van der Waals surface area (Å²) in [4.78, 5) is 10.8. The van der Waals surface area contributed by atoms with Crippen molar-refractivity contribution in [3.05, 3.63) is 0 Å². The standard InChI is InChI=1S/C8H16N2O2/c1-10-8(11)12-7-4-2-3-6(9)5-7/h6-7H,2-5,9H2,1H3,(H,10,11). The molecule has 0 bridgehead atoms. The van der Waals surface area contributed by atoms with Crippen LogP contribution in [0.5, 0.6) is 0 Å². The number of nitrogens with two attached hydrogens (primary N) is 1. The first kappa shape index (κ1) is 9.32. The molecule has 0 heterocycles. The zero-order chi connectivity index (χ0) is 8.97. The number of ether oxygens (including phenoxy) is 1. The summed E-state index contributed by atoms with van der Waals surface area (Å²) in [6.07, 6.45) is 3.52. The molecule has 0 aromatic rings. The third-order valence-electron chi connectivity index (χ3n) is 2.14. The van der Waals surface area contributed by atoms with E-state index in [0.717, 1.165) is 25.7 Å². The molecule has 12 heavy (non-hydrogen) atoms. The minimum Gasteiger partial charge on any atom is -0.446 e. The van der Waals surface area contributed by atoms with Crippen molar-refractivity contribution < 1.29 is 9.53 Å². The van der Waals surface area contributed by atoms with Gasteiger partial charge in [-0.25, -0.2) is 4.79 Å². The monoisotopic (exact) mass is 172 g/mol. The topological polar surface area (TPSA) is 64.3 Å². The Balaban J connectivity index is 2.27. The first-order valence-corrected chi connectivity index (χ1v) is 4.36. The molecule has 0 saturated heterocycles. The molecular formula is C8H16N2O2. The van der Waals surface area contributed by atoms with Crippen LogP contribution in [0.3, 0.4) is 0 Å². The number of carbonyl (C=O) groups excluding carboxylic acids is 1. The summed E-state index contributed by atoms with van der Waals surface area (Å²) in [7, 11) is 1.56. The van der Waals surface area contributed by atoms with Gasteiger partial charge in [0, 0.05) is 13.1 Å². The van der Waals surface area contributed by atoms with Gasteiger partial charge >= 0.3 is 6.09 Å². The van der Waals surface area contributed by atoms with Crippen molar-refractivity contribution in [1.29, 1.82) is 0 Å². The van der Waals surface area contributed by atoms with Crippen molar-refractivity contribution in [3.63, 3.8) is 0 Å². The molecule has 1 aliphatic rings. The zero-order valence-corrected chi connectivity index (χ0v) is 7.38.